The lowest BCUT2D eigenvalue weighted by atomic mass is 9.96. The van der Waals surface area contributed by atoms with Gasteiger partial charge in [-0.15, -0.1) is 0 Å². The van der Waals surface area contributed by atoms with Gasteiger partial charge in [0.05, 0.1) is 14.2 Å². The number of esters is 2. The van der Waals surface area contributed by atoms with Gasteiger partial charge in [-0.2, -0.15) is 0 Å². The van der Waals surface area contributed by atoms with Crippen molar-refractivity contribution >= 4 is 29.7 Å². The molecule has 6 atom stereocenters. The van der Waals surface area contributed by atoms with Crippen LogP contribution in [-0.4, -0.2) is 127 Å². The largest absolute Gasteiger partial charge is 0.508 e. The molecule has 0 aliphatic heterocycles. The number of methoxy groups -OCH3 is 2. The molecule has 0 fully saturated rings. The number of ether oxygens (including phenoxy) is 3. The van der Waals surface area contributed by atoms with Crippen molar-refractivity contribution in [2.75, 3.05) is 42.4 Å². The molecule has 0 unspecified atom stereocenters. The Kier molecular flexibility index (Phi) is 17.5. The number of benzene rings is 3. The van der Waals surface area contributed by atoms with Gasteiger partial charge in [-0.3, -0.25) is 24.1 Å². The number of amides is 3. The summed E-state index contributed by atoms with van der Waals surface area (Å²) < 4.78 is 16.3. The lowest BCUT2D eigenvalue weighted by molar-refractivity contribution is -0.164. The number of phenolic OH excluding ortho intramolecular Hbond substituents is 2. The molecule has 0 spiro atoms. The van der Waals surface area contributed by atoms with Crippen LogP contribution >= 0.6 is 0 Å². The number of rotatable bonds is 20. The van der Waals surface area contributed by atoms with E-state index in [1.165, 1.54) is 55.3 Å². The number of carbonyl (C=O) groups excluding carboxylic acids is 5. The fourth-order valence-corrected chi connectivity index (χ4v) is 6.43. The van der Waals surface area contributed by atoms with Crippen molar-refractivity contribution in [3.63, 3.8) is 0 Å². The average molecular weight is 805 g/mol. The number of hydrogen-bond donors (Lipinski definition) is 3. The molecular formula is C44H60N4O10. The molecule has 3 N–H and O–H groups in total. The molecule has 3 aromatic rings. The van der Waals surface area contributed by atoms with Gasteiger partial charge in [0, 0.05) is 32.9 Å². The Morgan fingerprint density at radius 3 is 1.52 bits per heavy atom. The van der Waals surface area contributed by atoms with E-state index >= 15 is 0 Å². The molecule has 316 valence electrons. The summed E-state index contributed by atoms with van der Waals surface area (Å²) in [5.41, 5.74) is 2.15. The quantitative estimate of drug-likeness (QED) is 0.141. The molecule has 0 aliphatic rings. The Labute approximate surface area is 342 Å². The van der Waals surface area contributed by atoms with Crippen LogP contribution in [0.2, 0.25) is 0 Å². The van der Waals surface area contributed by atoms with Crippen molar-refractivity contribution < 1.29 is 48.4 Å². The number of carbonyl (C=O) groups is 5. The monoisotopic (exact) mass is 804 g/mol. The van der Waals surface area contributed by atoms with E-state index in [2.05, 4.69) is 5.32 Å². The minimum absolute atomic E-state index is 0.00475. The van der Waals surface area contributed by atoms with E-state index in [0.29, 0.717) is 29.7 Å². The maximum Gasteiger partial charge on any atom is 0.328 e. The van der Waals surface area contributed by atoms with E-state index in [9.17, 15) is 34.2 Å². The highest BCUT2D eigenvalue weighted by Gasteiger charge is 2.40. The Bertz CT molecular complexity index is 1820. The van der Waals surface area contributed by atoms with Crippen molar-refractivity contribution in [2.24, 2.45) is 11.8 Å². The van der Waals surface area contributed by atoms with Crippen molar-refractivity contribution in [3.05, 3.63) is 89.5 Å². The molecule has 3 amide bonds. The SMILES string of the molecule is CC[C@@H](C)[C@H](OC(=O)[C@H](Cc1ccc(OC)cc1)N(C)C)C(=O)N[C@@H](C(=O)N(C)[C@@H](Cc1ccc(O)cc1)C(=O)N(C)[C@H](Cc1ccc(O)cc1)C(=O)OC)C(C)C. The second-order valence-electron chi connectivity index (χ2n) is 15.2. The summed E-state index contributed by atoms with van der Waals surface area (Å²) in [5.74, 6) is -3.22. The van der Waals surface area contributed by atoms with Crippen molar-refractivity contribution in [3.8, 4) is 17.2 Å². The summed E-state index contributed by atoms with van der Waals surface area (Å²) >= 11 is 0. The zero-order valence-electron chi connectivity index (χ0n) is 35.3. The average Bonchev–Trinajstić information content (AvgIpc) is 3.21. The second-order valence-corrected chi connectivity index (χ2v) is 15.2. The summed E-state index contributed by atoms with van der Waals surface area (Å²) in [7, 11) is 9.21. The van der Waals surface area contributed by atoms with Gasteiger partial charge >= 0.3 is 11.9 Å². The summed E-state index contributed by atoms with van der Waals surface area (Å²) in [4.78, 5) is 74.2. The van der Waals surface area contributed by atoms with Crippen molar-refractivity contribution in [1.29, 1.82) is 0 Å². The molecule has 14 heteroatoms. The van der Waals surface area contributed by atoms with E-state index in [-0.39, 0.29) is 24.3 Å². The Balaban J connectivity index is 1.92. The van der Waals surface area contributed by atoms with Gasteiger partial charge in [-0.05, 0) is 85.9 Å². The first kappa shape index (κ1) is 46.8. The van der Waals surface area contributed by atoms with Gasteiger partial charge in [0.1, 0.15) is 41.4 Å². The molecule has 3 rings (SSSR count). The molecule has 3 aromatic carbocycles. The Morgan fingerprint density at radius 1 is 0.638 bits per heavy atom. The number of hydrogen-bond acceptors (Lipinski definition) is 11. The highest BCUT2D eigenvalue weighted by molar-refractivity contribution is 5.95. The maximum absolute atomic E-state index is 14.5. The number of phenols is 2. The fraction of sp³-hybridized carbons (Fsp3) is 0.477. The fourth-order valence-electron chi connectivity index (χ4n) is 6.43. The first-order valence-corrected chi connectivity index (χ1v) is 19.4. The van der Waals surface area contributed by atoms with Crippen LogP contribution < -0.4 is 10.1 Å². The van der Waals surface area contributed by atoms with Crippen LogP contribution in [0.5, 0.6) is 17.2 Å². The van der Waals surface area contributed by atoms with Crippen LogP contribution in [0.4, 0.5) is 0 Å². The number of aromatic hydroxyl groups is 2. The normalized spacial score (nSPS) is 14.3. The Morgan fingerprint density at radius 2 is 1.09 bits per heavy atom. The third-order valence-electron chi connectivity index (χ3n) is 10.5. The van der Waals surface area contributed by atoms with Crippen LogP contribution in [0.25, 0.3) is 0 Å². The molecule has 58 heavy (non-hydrogen) atoms. The third kappa shape index (κ3) is 12.7. The van der Waals surface area contributed by atoms with Gasteiger partial charge < -0.3 is 39.5 Å². The predicted octanol–water partition coefficient (Wildman–Crippen LogP) is 3.99. The van der Waals surface area contributed by atoms with Crippen molar-refractivity contribution in [2.45, 2.75) is 83.6 Å². The summed E-state index contributed by atoms with van der Waals surface area (Å²) in [6, 6.07) is 15.6. The molecular weight excluding hydrogens is 745 g/mol. The van der Waals surface area contributed by atoms with Crippen LogP contribution in [0.15, 0.2) is 72.8 Å². The van der Waals surface area contributed by atoms with Gasteiger partial charge in [0.25, 0.3) is 5.91 Å². The van der Waals surface area contributed by atoms with E-state index in [1.807, 2.05) is 19.1 Å². The highest BCUT2D eigenvalue weighted by Crippen LogP contribution is 2.22. The first-order chi connectivity index (χ1) is 27.4. The molecule has 0 saturated carbocycles. The molecule has 0 aliphatic carbocycles. The molecule has 0 bridgehead atoms. The molecule has 0 saturated heterocycles. The minimum atomic E-state index is -1.23. The third-order valence-corrected chi connectivity index (χ3v) is 10.5. The first-order valence-electron chi connectivity index (χ1n) is 19.4. The lowest BCUT2D eigenvalue weighted by Crippen LogP contribution is -2.59. The standard InChI is InChI=1S/C44H60N4O10/c1-11-28(4)39(58-44(55)36(46(5)6)25-31-16-22-34(56-9)23-17-31)40(51)45-38(27(2)3)42(53)47(7)35(24-29-12-18-32(49)19-13-29)41(52)48(8)37(43(54)57-10)26-30-14-20-33(50)21-15-30/h12-23,27-28,35-39,49-50H,11,24-26H2,1-10H3,(H,45,51)/t28-,35+,36+,37-,38-,39+/m1/s1. The number of nitrogens with zero attached hydrogens (tertiary/aromatic N) is 3. The van der Waals surface area contributed by atoms with E-state index in [1.54, 1.807) is 83.3 Å². The van der Waals surface area contributed by atoms with Crippen molar-refractivity contribution in [1.82, 2.24) is 20.0 Å². The minimum Gasteiger partial charge on any atom is -0.508 e. The molecule has 0 radical (unpaired) electrons. The highest BCUT2D eigenvalue weighted by atomic mass is 16.6. The van der Waals surface area contributed by atoms with Crippen LogP contribution in [0, 0.1) is 11.8 Å². The summed E-state index contributed by atoms with van der Waals surface area (Å²) in [6.07, 6.45) is -0.341. The molecule has 14 nitrogen and oxygen atoms in total. The number of nitrogens with one attached hydrogen (secondary N) is 1. The van der Waals surface area contributed by atoms with Crippen LogP contribution in [0.1, 0.15) is 50.8 Å². The molecule has 0 aromatic heterocycles. The zero-order valence-corrected chi connectivity index (χ0v) is 35.3. The molecule has 0 heterocycles. The Hall–Kier alpha value is -5.63. The summed E-state index contributed by atoms with van der Waals surface area (Å²) in [5, 5.41) is 22.6. The van der Waals surface area contributed by atoms with E-state index in [0.717, 1.165) is 5.56 Å². The van der Waals surface area contributed by atoms with Crippen LogP contribution in [0.3, 0.4) is 0 Å². The zero-order chi connectivity index (χ0) is 43.3. The van der Waals surface area contributed by atoms with E-state index < -0.39 is 71.8 Å². The van der Waals surface area contributed by atoms with Gasteiger partial charge in [0.15, 0.2) is 6.10 Å². The lowest BCUT2D eigenvalue weighted by Gasteiger charge is -2.36. The van der Waals surface area contributed by atoms with Gasteiger partial charge in [-0.25, -0.2) is 4.79 Å². The predicted molar refractivity (Wildman–Crippen MR) is 219 cm³/mol. The van der Waals surface area contributed by atoms with Gasteiger partial charge in [-0.1, -0.05) is 64.1 Å². The summed E-state index contributed by atoms with van der Waals surface area (Å²) in [6.45, 7) is 7.18. The van der Waals surface area contributed by atoms with Gasteiger partial charge in [0.2, 0.25) is 11.8 Å². The van der Waals surface area contributed by atoms with Crippen LogP contribution in [-0.2, 0) is 52.7 Å². The second kappa shape index (κ2) is 21.8. The van der Waals surface area contributed by atoms with E-state index in [4.69, 9.17) is 14.2 Å². The topological polar surface area (TPSA) is 175 Å². The number of likely N-dealkylation sites (N-methyl/N-ethyl adjacent to an activating group) is 3. The maximum atomic E-state index is 14.5. The smallest absolute Gasteiger partial charge is 0.328 e.